The summed E-state index contributed by atoms with van der Waals surface area (Å²) in [5, 5.41) is 3.56. The number of hydrogen-bond donors (Lipinski definition) is 0. The average molecular weight is 189 g/mol. The lowest BCUT2D eigenvalue weighted by atomic mass is 10.0. The van der Waals surface area contributed by atoms with Gasteiger partial charge in [0.25, 0.3) is 0 Å². The van der Waals surface area contributed by atoms with Gasteiger partial charge in [-0.2, -0.15) is 0 Å². The van der Waals surface area contributed by atoms with Crippen molar-refractivity contribution in [2.75, 3.05) is 0 Å². The van der Waals surface area contributed by atoms with E-state index < -0.39 is 0 Å². The molecule has 0 aliphatic rings. The summed E-state index contributed by atoms with van der Waals surface area (Å²) in [5.41, 5.74) is 9.77. The first-order valence-electron chi connectivity index (χ1n) is 4.30. The molecule has 0 bridgehead atoms. The first-order valence-corrected chi connectivity index (χ1v) is 4.30. The molecule has 4 nitrogen and oxygen atoms in total. The van der Waals surface area contributed by atoms with Crippen molar-refractivity contribution in [3.63, 3.8) is 0 Å². The molecule has 0 saturated heterocycles. The first-order chi connectivity index (χ1) is 6.65. The molecule has 1 rings (SSSR count). The molecule has 1 unspecified atom stereocenters. The lowest BCUT2D eigenvalue weighted by molar-refractivity contribution is 0.101. The summed E-state index contributed by atoms with van der Waals surface area (Å²) in [6.07, 6.45) is 0. The molecular formula is C10H11N3O. The summed E-state index contributed by atoms with van der Waals surface area (Å²) in [5.74, 6) is 0.0139. The van der Waals surface area contributed by atoms with Crippen LogP contribution in [0.4, 0.5) is 0 Å². The van der Waals surface area contributed by atoms with Crippen LogP contribution in [0, 0.1) is 0 Å². The van der Waals surface area contributed by atoms with Gasteiger partial charge in [0.05, 0.1) is 6.04 Å². The summed E-state index contributed by atoms with van der Waals surface area (Å²) >= 11 is 0. The predicted molar refractivity (Wildman–Crippen MR) is 54.0 cm³/mol. The number of hydrogen-bond acceptors (Lipinski definition) is 2. The minimum Gasteiger partial charge on any atom is -0.295 e. The molecule has 1 atom stereocenters. The monoisotopic (exact) mass is 189 g/mol. The van der Waals surface area contributed by atoms with Crippen molar-refractivity contribution in [2.45, 2.75) is 19.9 Å². The third-order valence-corrected chi connectivity index (χ3v) is 2.00. The molecule has 0 saturated carbocycles. The van der Waals surface area contributed by atoms with E-state index in [-0.39, 0.29) is 11.8 Å². The Morgan fingerprint density at radius 1 is 1.57 bits per heavy atom. The van der Waals surface area contributed by atoms with Crippen molar-refractivity contribution in [1.82, 2.24) is 0 Å². The van der Waals surface area contributed by atoms with Crippen molar-refractivity contribution in [2.24, 2.45) is 5.11 Å². The molecular weight excluding hydrogens is 178 g/mol. The highest BCUT2D eigenvalue weighted by Gasteiger charge is 2.05. The molecule has 14 heavy (non-hydrogen) atoms. The zero-order chi connectivity index (χ0) is 10.6. The fraction of sp³-hybridized carbons (Fsp3) is 0.300. The Balaban J connectivity index is 3.04. The minimum absolute atomic E-state index is 0.0139. The molecule has 0 amide bonds. The summed E-state index contributed by atoms with van der Waals surface area (Å²) in [4.78, 5) is 13.8. The Labute approximate surface area is 82.2 Å². The molecule has 0 aliphatic carbocycles. The van der Waals surface area contributed by atoms with Crippen molar-refractivity contribution in [3.05, 3.63) is 45.8 Å². The smallest absolute Gasteiger partial charge is 0.159 e. The third kappa shape index (κ3) is 2.34. The van der Waals surface area contributed by atoms with E-state index in [1.54, 1.807) is 25.1 Å². The zero-order valence-electron chi connectivity index (χ0n) is 8.14. The second-order valence-corrected chi connectivity index (χ2v) is 3.06. The molecule has 1 aromatic carbocycles. The SMILES string of the molecule is CC(=O)c1cccc(C(C)N=[N+]=[N-])c1. The summed E-state index contributed by atoms with van der Waals surface area (Å²) in [7, 11) is 0. The number of ketones is 1. The van der Waals surface area contributed by atoms with Gasteiger partial charge in [0.1, 0.15) is 0 Å². The normalized spacial score (nSPS) is 11.6. The largest absolute Gasteiger partial charge is 0.295 e. The first kappa shape index (κ1) is 10.3. The number of nitrogens with zero attached hydrogens (tertiary/aromatic N) is 3. The number of azide groups is 1. The van der Waals surface area contributed by atoms with Gasteiger partial charge in [0.2, 0.25) is 0 Å². The van der Waals surface area contributed by atoms with Crippen molar-refractivity contribution < 1.29 is 4.79 Å². The van der Waals surface area contributed by atoms with E-state index in [9.17, 15) is 4.79 Å². The van der Waals surface area contributed by atoms with Crippen LogP contribution in [0.25, 0.3) is 10.4 Å². The van der Waals surface area contributed by atoms with Gasteiger partial charge in [0.15, 0.2) is 5.78 Å². The molecule has 72 valence electrons. The van der Waals surface area contributed by atoms with E-state index >= 15 is 0 Å². The lowest BCUT2D eigenvalue weighted by Crippen LogP contribution is -1.95. The molecule has 0 radical (unpaired) electrons. The highest BCUT2D eigenvalue weighted by atomic mass is 16.1. The zero-order valence-corrected chi connectivity index (χ0v) is 8.14. The highest BCUT2D eigenvalue weighted by Crippen LogP contribution is 2.18. The summed E-state index contributed by atoms with van der Waals surface area (Å²) in [6.45, 7) is 3.30. The Bertz CT molecular complexity index is 394. The maximum Gasteiger partial charge on any atom is 0.159 e. The van der Waals surface area contributed by atoms with Gasteiger partial charge in [-0.3, -0.25) is 4.79 Å². The van der Waals surface area contributed by atoms with Gasteiger partial charge in [0, 0.05) is 10.5 Å². The second-order valence-electron chi connectivity index (χ2n) is 3.06. The van der Waals surface area contributed by atoms with Crippen molar-refractivity contribution >= 4 is 5.78 Å². The number of Topliss-reactive ketones (excluding diaryl/α,β-unsaturated/α-hetero) is 1. The van der Waals surface area contributed by atoms with Crippen LogP contribution in [0.5, 0.6) is 0 Å². The standard InChI is InChI=1S/C10H11N3O/c1-7(12-13-11)9-4-3-5-10(6-9)8(2)14/h3-7H,1-2H3. The molecule has 0 heterocycles. The molecule has 0 aliphatic heterocycles. The number of benzene rings is 1. The van der Waals surface area contributed by atoms with Crippen molar-refractivity contribution in [1.29, 1.82) is 0 Å². The van der Waals surface area contributed by atoms with Crippen LogP contribution in [0.1, 0.15) is 35.8 Å². The van der Waals surface area contributed by atoms with Gasteiger partial charge in [-0.15, -0.1) is 0 Å². The lowest BCUT2D eigenvalue weighted by Gasteiger charge is -2.05. The van der Waals surface area contributed by atoms with E-state index in [1.807, 2.05) is 6.07 Å². The van der Waals surface area contributed by atoms with Gasteiger partial charge < -0.3 is 0 Å². The fourth-order valence-corrected chi connectivity index (χ4v) is 1.16. The Morgan fingerprint density at radius 2 is 2.29 bits per heavy atom. The minimum atomic E-state index is -0.237. The maximum absolute atomic E-state index is 11.1. The Morgan fingerprint density at radius 3 is 2.86 bits per heavy atom. The predicted octanol–water partition coefficient (Wildman–Crippen LogP) is 3.26. The maximum atomic E-state index is 11.1. The summed E-state index contributed by atoms with van der Waals surface area (Å²) in [6, 6.07) is 6.89. The highest BCUT2D eigenvalue weighted by molar-refractivity contribution is 5.94. The van der Waals surface area contributed by atoms with Crippen LogP contribution >= 0.6 is 0 Å². The molecule has 0 aromatic heterocycles. The van der Waals surface area contributed by atoms with Crippen LogP contribution in [-0.4, -0.2) is 5.78 Å². The molecule has 0 N–H and O–H groups in total. The molecule has 1 aromatic rings. The van der Waals surface area contributed by atoms with E-state index in [0.717, 1.165) is 5.56 Å². The van der Waals surface area contributed by atoms with Crippen LogP contribution in [0.3, 0.4) is 0 Å². The van der Waals surface area contributed by atoms with Gasteiger partial charge in [-0.25, -0.2) is 0 Å². The Kier molecular flexibility index (Phi) is 3.26. The number of carbonyl (C=O) groups is 1. The third-order valence-electron chi connectivity index (χ3n) is 2.00. The Hall–Kier alpha value is -1.80. The number of rotatable bonds is 3. The molecule has 0 fully saturated rings. The second kappa shape index (κ2) is 4.44. The summed E-state index contributed by atoms with van der Waals surface area (Å²) < 4.78 is 0. The van der Waals surface area contributed by atoms with Gasteiger partial charge >= 0.3 is 0 Å². The van der Waals surface area contributed by atoms with Crippen LogP contribution in [0.15, 0.2) is 29.4 Å². The number of carbonyl (C=O) groups excluding carboxylic acids is 1. The van der Waals surface area contributed by atoms with Gasteiger partial charge in [-0.05, 0) is 24.1 Å². The van der Waals surface area contributed by atoms with Gasteiger partial charge in [-0.1, -0.05) is 30.2 Å². The molecule has 0 spiro atoms. The fourth-order valence-electron chi connectivity index (χ4n) is 1.16. The molecule has 4 heteroatoms. The van der Waals surface area contributed by atoms with Crippen LogP contribution in [0.2, 0.25) is 0 Å². The van der Waals surface area contributed by atoms with E-state index in [0.29, 0.717) is 5.56 Å². The van der Waals surface area contributed by atoms with E-state index in [2.05, 4.69) is 10.0 Å². The van der Waals surface area contributed by atoms with Crippen molar-refractivity contribution in [3.8, 4) is 0 Å². The topological polar surface area (TPSA) is 65.8 Å². The van der Waals surface area contributed by atoms with E-state index in [1.165, 1.54) is 6.92 Å². The quantitative estimate of drug-likeness (QED) is 0.311. The van der Waals surface area contributed by atoms with Crippen LogP contribution < -0.4 is 0 Å². The average Bonchev–Trinajstić information content (AvgIpc) is 2.18. The van der Waals surface area contributed by atoms with Crippen LogP contribution in [-0.2, 0) is 0 Å². The van der Waals surface area contributed by atoms with E-state index in [4.69, 9.17) is 5.53 Å².